The van der Waals surface area contributed by atoms with E-state index in [2.05, 4.69) is 58.3 Å². The van der Waals surface area contributed by atoms with Crippen molar-refractivity contribution in [2.75, 3.05) is 46.4 Å². The summed E-state index contributed by atoms with van der Waals surface area (Å²) in [4.78, 5) is 5.20. The number of hydrogen-bond donors (Lipinski definition) is 0. The summed E-state index contributed by atoms with van der Waals surface area (Å²) in [6.07, 6.45) is 3.51. The van der Waals surface area contributed by atoms with Crippen molar-refractivity contribution in [3.8, 4) is 5.75 Å². The van der Waals surface area contributed by atoms with Crippen molar-refractivity contribution in [1.82, 2.24) is 9.80 Å². The molecule has 0 aliphatic carbocycles. The highest BCUT2D eigenvalue weighted by Crippen LogP contribution is 2.18. The zero-order valence-electron chi connectivity index (χ0n) is 16.2. The Morgan fingerprint density at radius 3 is 2.00 bits per heavy atom. The SMILES string of the molecule is COc1ccccc1CCN1CCN(CCCc2ccccc2)CC1.Cl.Cl. The normalized spacial score (nSPS) is 14.9. The molecule has 0 amide bonds. The summed E-state index contributed by atoms with van der Waals surface area (Å²) in [5, 5.41) is 0. The summed E-state index contributed by atoms with van der Waals surface area (Å²) < 4.78 is 5.46. The monoisotopic (exact) mass is 410 g/mol. The van der Waals surface area contributed by atoms with Gasteiger partial charge in [-0.2, -0.15) is 0 Å². The summed E-state index contributed by atoms with van der Waals surface area (Å²) in [7, 11) is 1.76. The predicted octanol–water partition coefficient (Wildman–Crippen LogP) is 4.33. The average Bonchev–Trinajstić information content (AvgIpc) is 2.68. The highest BCUT2D eigenvalue weighted by atomic mass is 35.5. The molecule has 150 valence electrons. The van der Waals surface area contributed by atoms with Gasteiger partial charge in [-0.3, -0.25) is 0 Å². The van der Waals surface area contributed by atoms with Gasteiger partial charge in [0.1, 0.15) is 5.75 Å². The van der Waals surface area contributed by atoms with Crippen LogP contribution in [0.4, 0.5) is 0 Å². The van der Waals surface area contributed by atoms with E-state index >= 15 is 0 Å². The van der Waals surface area contributed by atoms with Crippen molar-refractivity contribution in [2.45, 2.75) is 19.3 Å². The van der Waals surface area contributed by atoms with Gasteiger partial charge in [0, 0.05) is 32.7 Å². The second kappa shape index (κ2) is 13.0. The third kappa shape index (κ3) is 7.71. The Morgan fingerprint density at radius 1 is 0.741 bits per heavy atom. The quantitative estimate of drug-likeness (QED) is 0.643. The van der Waals surface area contributed by atoms with E-state index in [1.807, 2.05) is 6.07 Å². The van der Waals surface area contributed by atoms with E-state index in [0.717, 1.165) is 18.7 Å². The number of methoxy groups -OCH3 is 1. The number of hydrogen-bond acceptors (Lipinski definition) is 3. The van der Waals surface area contributed by atoms with Crippen LogP contribution in [0.15, 0.2) is 54.6 Å². The van der Waals surface area contributed by atoms with Crippen LogP contribution < -0.4 is 4.74 Å². The molecular weight excluding hydrogens is 379 g/mol. The second-order valence-electron chi connectivity index (χ2n) is 6.83. The first-order chi connectivity index (χ1) is 12.3. The molecule has 0 N–H and O–H groups in total. The fourth-order valence-electron chi connectivity index (χ4n) is 3.58. The molecule has 0 radical (unpaired) electrons. The van der Waals surface area contributed by atoms with Gasteiger partial charge in [0.05, 0.1) is 7.11 Å². The molecule has 0 aromatic heterocycles. The van der Waals surface area contributed by atoms with Crippen LogP contribution in [0.1, 0.15) is 17.5 Å². The first kappa shape index (κ1) is 23.8. The average molecular weight is 411 g/mol. The van der Waals surface area contributed by atoms with Crippen LogP contribution in [0.25, 0.3) is 0 Å². The molecular formula is C22H32Cl2N2O. The highest BCUT2D eigenvalue weighted by molar-refractivity contribution is 5.85. The molecule has 5 heteroatoms. The largest absolute Gasteiger partial charge is 0.496 e. The number of rotatable bonds is 8. The van der Waals surface area contributed by atoms with E-state index in [1.165, 1.54) is 56.7 Å². The Balaban J connectivity index is 0.00000182. The first-order valence-electron chi connectivity index (χ1n) is 9.45. The van der Waals surface area contributed by atoms with Crippen LogP contribution in [0.2, 0.25) is 0 Å². The third-order valence-electron chi connectivity index (χ3n) is 5.14. The molecule has 1 fully saturated rings. The van der Waals surface area contributed by atoms with Gasteiger partial charge in [0.25, 0.3) is 0 Å². The minimum absolute atomic E-state index is 0. The molecule has 2 aromatic carbocycles. The fourth-order valence-corrected chi connectivity index (χ4v) is 3.58. The zero-order chi connectivity index (χ0) is 17.3. The molecule has 0 atom stereocenters. The number of ether oxygens (including phenoxy) is 1. The molecule has 27 heavy (non-hydrogen) atoms. The summed E-state index contributed by atoms with van der Waals surface area (Å²) in [6.45, 7) is 7.09. The summed E-state index contributed by atoms with van der Waals surface area (Å²) in [6, 6.07) is 19.2. The minimum Gasteiger partial charge on any atom is -0.496 e. The zero-order valence-corrected chi connectivity index (χ0v) is 17.8. The van der Waals surface area contributed by atoms with Gasteiger partial charge in [-0.1, -0.05) is 48.5 Å². The topological polar surface area (TPSA) is 15.7 Å². The Labute approximate surface area is 176 Å². The Morgan fingerprint density at radius 2 is 1.33 bits per heavy atom. The van der Waals surface area contributed by atoms with E-state index < -0.39 is 0 Å². The number of benzene rings is 2. The number of aryl methyl sites for hydroxylation is 1. The smallest absolute Gasteiger partial charge is 0.122 e. The van der Waals surface area contributed by atoms with E-state index in [9.17, 15) is 0 Å². The molecule has 1 aliphatic rings. The van der Waals surface area contributed by atoms with Gasteiger partial charge in [0.2, 0.25) is 0 Å². The maximum atomic E-state index is 5.46. The maximum absolute atomic E-state index is 5.46. The molecule has 0 unspecified atom stereocenters. The summed E-state index contributed by atoms with van der Waals surface area (Å²) in [5.74, 6) is 1.02. The van der Waals surface area contributed by atoms with Crippen molar-refractivity contribution < 1.29 is 4.74 Å². The van der Waals surface area contributed by atoms with Gasteiger partial charge >= 0.3 is 0 Å². The number of halogens is 2. The fraction of sp³-hybridized carbons (Fsp3) is 0.455. The summed E-state index contributed by atoms with van der Waals surface area (Å²) >= 11 is 0. The second-order valence-corrected chi connectivity index (χ2v) is 6.83. The highest BCUT2D eigenvalue weighted by Gasteiger charge is 2.16. The lowest BCUT2D eigenvalue weighted by atomic mass is 10.1. The van der Waals surface area contributed by atoms with E-state index in [4.69, 9.17) is 4.74 Å². The van der Waals surface area contributed by atoms with Crippen molar-refractivity contribution in [2.24, 2.45) is 0 Å². The van der Waals surface area contributed by atoms with Crippen LogP contribution in [-0.2, 0) is 12.8 Å². The molecule has 0 bridgehead atoms. The molecule has 3 nitrogen and oxygen atoms in total. The van der Waals surface area contributed by atoms with E-state index in [0.29, 0.717) is 0 Å². The Hall–Kier alpha value is -1.26. The van der Waals surface area contributed by atoms with Gasteiger partial charge in [0.15, 0.2) is 0 Å². The number of piperazine rings is 1. The molecule has 3 rings (SSSR count). The van der Waals surface area contributed by atoms with E-state index in [1.54, 1.807) is 7.11 Å². The van der Waals surface area contributed by atoms with Crippen LogP contribution in [0.3, 0.4) is 0 Å². The molecule has 2 aromatic rings. The van der Waals surface area contributed by atoms with E-state index in [-0.39, 0.29) is 24.8 Å². The van der Waals surface area contributed by atoms with Crippen LogP contribution in [-0.4, -0.2) is 56.2 Å². The number of para-hydroxylation sites is 1. The molecule has 1 heterocycles. The molecule has 1 saturated heterocycles. The van der Waals surface area contributed by atoms with Crippen molar-refractivity contribution in [3.05, 3.63) is 65.7 Å². The lowest BCUT2D eigenvalue weighted by molar-refractivity contribution is 0.132. The Bertz CT molecular complexity index is 631. The maximum Gasteiger partial charge on any atom is 0.122 e. The molecule has 0 saturated carbocycles. The van der Waals surface area contributed by atoms with Crippen LogP contribution in [0.5, 0.6) is 5.75 Å². The van der Waals surface area contributed by atoms with Gasteiger partial charge < -0.3 is 14.5 Å². The van der Waals surface area contributed by atoms with Gasteiger partial charge in [-0.25, -0.2) is 0 Å². The van der Waals surface area contributed by atoms with Crippen molar-refractivity contribution in [1.29, 1.82) is 0 Å². The van der Waals surface area contributed by atoms with Crippen LogP contribution in [0, 0.1) is 0 Å². The van der Waals surface area contributed by atoms with Gasteiger partial charge in [-0.05, 0) is 43.0 Å². The summed E-state index contributed by atoms with van der Waals surface area (Å²) in [5.41, 5.74) is 2.77. The first-order valence-corrected chi connectivity index (χ1v) is 9.45. The molecule has 1 aliphatic heterocycles. The third-order valence-corrected chi connectivity index (χ3v) is 5.14. The van der Waals surface area contributed by atoms with Gasteiger partial charge in [-0.15, -0.1) is 24.8 Å². The van der Waals surface area contributed by atoms with Crippen molar-refractivity contribution in [3.63, 3.8) is 0 Å². The lowest BCUT2D eigenvalue weighted by Gasteiger charge is -2.34. The van der Waals surface area contributed by atoms with Crippen LogP contribution >= 0.6 is 24.8 Å². The van der Waals surface area contributed by atoms with Crippen molar-refractivity contribution >= 4 is 24.8 Å². The Kier molecular flexibility index (Phi) is 11.5. The predicted molar refractivity (Wildman–Crippen MR) is 119 cm³/mol. The lowest BCUT2D eigenvalue weighted by Crippen LogP contribution is -2.47. The minimum atomic E-state index is 0. The molecule has 0 spiro atoms. The standard InChI is InChI=1S/C22H30N2O.2ClH/c1-25-22-12-6-5-11-21(22)13-15-24-18-16-23(17-19-24)14-7-10-20-8-3-2-4-9-20;;/h2-6,8-9,11-12H,7,10,13-19H2,1H3;2*1H. The number of nitrogens with zero attached hydrogens (tertiary/aromatic N) is 2.